The fraction of sp³-hybridized carbons (Fsp3) is 0.395. The van der Waals surface area contributed by atoms with Gasteiger partial charge in [-0.25, -0.2) is 9.59 Å². The topological polar surface area (TPSA) is 72.8 Å². The minimum atomic E-state index is -0.614. The van der Waals surface area contributed by atoms with E-state index in [1.807, 2.05) is 0 Å². The first kappa shape index (κ1) is 35.1. The highest BCUT2D eigenvalue weighted by molar-refractivity contribution is 5.92. The van der Waals surface area contributed by atoms with Gasteiger partial charge < -0.3 is 14.6 Å². The predicted molar refractivity (Wildman–Crippen MR) is 196 cm³/mol. The predicted octanol–water partition coefficient (Wildman–Crippen LogP) is 9.57. The molecule has 5 rings (SSSR count). The molecule has 1 aliphatic rings. The van der Waals surface area contributed by atoms with E-state index >= 15 is 0 Å². The number of rotatable bonds is 15. The third kappa shape index (κ3) is 9.44. The highest BCUT2D eigenvalue weighted by atomic mass is 16.5. The van der Waals surface area contributed by atoms with Gasteiger partial charge in [-0.1, -0.05) is 113 Å². The van der Waals surface area contributed by atoms with Crippen LogP contribution in [-0.2, 0) is 31.9 Å². The van der Waals surface area contributed by atoms with E-state index in [-0.39, 0.29) is 24.7 Å². The van der Waals surface area contributed by atoms with Gasteiger partial charge in [-0.15, -0.1) is 0 Å². The van der Waals surface area contributed by atoms with E-state index in [0.29, 0.717) is 17.4 Å². The molecule has 4 aromatic rings. The van der Waals surface area contributed by atoms with E-state index in [9.17, 15) is 14.7 Å². The lowest BCUT2D eigenvalue weighted by molar-refractivity contribution is -0.144. The van der Waals surface area contributed by atoms with Crippen LogP contribution in [0, 0.1) is 17.8 Å². The fourth-order valence-corrected chi connectivity index (χ4v) is 7.01. The summed E-state index contributed by atoms with van der Waals surface area (Å²) in [6.45, 7) is 10.9. The summed E-state index contributed by atoms with van der Waals surface area (Å²) in [5.41, 5.74) is 5.65. The van der Waals surface area contributed by atoms with E-state index in [1.54, 1.807) is 6.92 Å². The van der Waals surface area contributed by atoms with E-state index < -0.39 is 18.5 Å². The number of aliphatic hydroxyl groups excluding tert-OH is 1. The zero-order valence-electron chi connectivity index (χ0n) is 28.6. The average molecular weight is 647 g/mol. The standard InChI is InChI=1S/C43H50O5/c1-5-6-32-13-15-38-24-40(19-17-36(38)22-32)41-20-18-37-23-34(14-16-39(37)25-41)12-9-31-7-10-33(11-8-31)21-35(27-47-42(45)29(2)3)28-48-43(46)30(4)26-44/h13-20,22-25,31,33,35,44H,2,4-12,21,26-28H2,1,3H3. The monoisotopic (exact) mass is 646 g/mol. The quantitative estimate of drug-likeness (QED) is 0.103. The molecular weight excluding hydrogens is 596 g/mol. The van der Waals surface area contributed by atoms with Crippen LogP contribution >= 0.6 is 0 Å². The molecule has 48 heavy (non-hydrogen) atoms. The highest BCUT2D eigenvalue weighted by Gasteiger charge is 2.26. The van der Waals surface area contributed by atoms with Crippen LogP contribution in [0.1, 0.15) is 69.9 Å². The second kappa shape index (κ2) is 16.7. The van der Waals surface area contributed by atoms with Gasteiger partial charge in [-0.05, 0) is 100 Å². The number of fused-ring (bicyclic) bond motifs is 2. The second-order valence-electron chi connectivity index (χ2n) is 13.8. The Kier molecular flexibility index (Phi) is 12.2. The van der Waals surface area contributed by atoms with Crippen molar-refractivity contribution in [2.75, 3.05) is 19.8 Å². The zero-order valence-corrected chi connectivity index (χ0v) is 28.6. The lowest BCUT2D eigenvalue weighted by atomic mass is 9.76. The molecule has 0 aliphatic heterocycles. The Hall–Kier alpha value is -4.22. The van der Waals surface area contributed by atoms with Crippen molar-refractivity contribution in [2.45, 2.75) is 71.6 Å². The summed E-state index contributed by atoms with van der Waals surface area (Å²) in [4.78, 5) is 24.1. The van der Waals surface area contributed by atoms with Gasteiger partial charge in [0, 0.05) is 11.5 Å². The normalized spacial score (nSPS) is 16.8. The van der Waals surface area contributed by atoms with Crippen molar-refractivity contribution >= 4 is 33.5 Å². The van der Waals surface area contributed by atoms with Crippen LogP contribution in [0.2, 0.25) is 0 Å². The molecule has 1 saturated carbocycles. The Bertz CT molecular complexity index is 1760. The van der Waals surface area contributed by atoms with Gasteiger partial charge >= 0.3 is 11.9 Å². The van der Waals surface area contributed by atoms with Gasteiger partial charge in [0.05, 0.1) is 25.4 Å². The number of ether oxygens (including phenoxy) is 2. The Morgan fingerprint density at radius 2 is 1.23 bits per heavy atom. The van der Waals surface area contributed by atoms with Crippen LogP contribution in [-0.4, -0.2) is 36.9 Å². The largest absolute Gasteiger partial charge is 0.462 e. The first-order chi connectivity index (χ1) is 23.2. The van der Waals surface area contributed by atoms with Gasteiger partial charge in [0.1, 0.15) is 0 Å². The molecule has 0 heterocycles. The number of hydrogen-bond donors (Lipinski definition) is 1. The summed E-state index contributed by atoms with van der Waals surface area (Å²) in [7, 11) is 0. The molecule has 1 unspecified atom stereocenters. The Morgan fingerprint density at radius 1 is 0.729 bits per heavy atom. The third-order valence-corrected chi connectivity index (χ3v) is 9.88. The van der Waals surface area contributed by atoms with Crippen molar-refractivity contribution in [1.82, 2.24) is 0 Å². The molecule has 252 valence electrons. The van der Waals surface area contributed by atoms with Crippen LogP contribution in [0.3, 0.4) is 0 Å². The van der Waals surface area contributed by atoms with Crippen LogP contribution in [0.5, 0.6) is 0 Å². The number of carbonyl (C=O) groups excluding carboxylic acids is 2. The summed E-state index contributed by atoms with van der Waals surface area (Å²) < 4.78 is 10.8. The van der Waals surface area contributed by atoms with Crippen molar-refractivity contribution in [2.24, 2.45) is 17.8 Å². The maximum Gasteiger partial charge on any atom is 0.335 e. The third-order valence-electron chi connectivity index (χ3n) is 9.88. The van der Waals surface area contributed by atoms with E-state index in [4.69, 9.17) is 9.47 Å². The number of carbonyl (C=O) groups is 2. The molecule has 0 spiro atoms. The Balaban J connectivity index is 1.13. The maximum absolute atomic E-state index is 12.1. The molecule has 0 aromatic heterocycles. The number of hydrogen-bond acceptors (Lipinski definition) is 5. The molecule has 4 aromatic carbocycles. The van der Waals surface area contributed by atoms with Crippen molar-refractivity contribution < 1.29 is 24.2 Å². The molecule has 0 saturated heterocycles. The molecule has 0 radical (unpaired) electrons. The number of esters is 2. The molecule has 1 aliphatic carbocycles. The van der Waals surface area contributed by atoms with Gasteiger partial charge in [-0.2, -0.15) is 0 Å². The molecule has 1 N–H and O–H groups in total. The second-order valence-corrected chi connectivity index (χ2v) is 13.8. The summed E-state index contributed by atoms with van der Waals surface area (Å²) in [5, 5.41) is 14.3. The minimum absolute atomic E-state index is 0.0195. The summed E-state index contributed by atoms with van der Waals surface area (Å²) >= 11 is 0. The minimum Gasteiger partial charge on any atom is -0.462 e. The van der Waals surface area contributed by atoms with Gasteiger partial charge in [0.25, 0.3) is 0 Å². The zero-order chi connectivity index (χ0) is 34.0. The molecular formula is C43H50O5. The van der Waals surface area contributed by atoms with Crippen LogP contribution in [0.15, 0.2) is 97.1 Å². The van der Waals surface area contributed by atoms with Crippen molar-refractivity contribution in [3.8, 4) is 11.1 Å². The van der Waals surface area contributed by atoms with Crippen molar-refractivity contribution in [1.29, 1.82) is 0 Å². The number of aryl methyl sites for hydroxylation is 2. The molecule has 1 atom stereocenters. The SMILES string of the molecule is C=C(C)C(=O)OCC(COC(=O)C(=C)CO)CC1CCC(CCc2ccc3cc(-c4ccc5cc(CCC)ccc5c4)ccc3c2)CC1. The first-order valence-electron chi connectivity index (χ1n) is 17.6. The van der Waals surface area contributed by atoms with Crippen molar-refractivity contribution in [3.63, 3.8) is 0 Å². The number of benzene rings is 4. The van der Waals surface area contributed by atoms with E-state index in [2.05, 4.69) is 92.9 Å². The number of aliphatic hydroxyl groups is 1. The van der Waals surface area contributed by atoms with Gasteiger partial charge in [0.15, 0.2) is 0 Å². The lowest BCUT2D eigenvalue weighted by Gasteiger charge is -2.31. The first-order valence-corrected chi connectivity index (χ1v) is 17.6. The summed E-state index contributed by atoms with van der Waals surface area (Å²) in [6, 6.07) is 27.4. The highest BCUT2D eigenvalue weighted by Crippen LogP contribution is 2.36. The molecule has 0 bridgehead atoms. The van der Waals surface area contributed by atoms with Gasteiger partial charge in [-0.3, -0.25) is 0 Å². The van der Waals surface area contributed by atoms with Crippen LogP contribution in [0.4, 0.5) is 0 Å². The average Bonchev–Trinajstić information content (AvgIpc) is 3.11. The smallest absolute Gasteiger partial charge is 0.335 e. The van der Waals surface area contributed by atoms with Gasteiger partial charge in [0.2, 0.25) is 0 Å². The fourth-order valence-electron chi connectivity index (χ4n) is 7.01. The van der Waals surface area contributed by atoms with Crippen LogP contribution in [0.25, 0.3) is 32.7 Å². The van der Waals surface area contributed by atoms with Crippen LogP contribution < -0.4 is 0 Å². The molecule has 5 nitrogen and oxygen atoms in total. The van der Waals surface area contributed by atoms with E-state index in [1.165, 1.54) is 63.1 Å². The maximum atomic E-state index is 12.1. The molecule has 1 fully saturated rings. The summed E-state index contributed by atoms with van der Waals surface area (Å²) in [5.74, 6) is 0.0245. The van der Waals surface area contributed by atoms with Crippen molar-refractivity contribution in [3.05, 3.63) is 108 Å². The lowest BCUT2D eigenvalue weighted by Crippen LogP contribution is -2.26. The Labute approximate surface area is 285 Å². The molecule has 5 heteroatoms. The molecule has 0 amide bonds. The van der Waals surface area contributed by atoms with E-state index in [0.717, 1.165) is 38.5 Å². The summed E-state index contributed by atoms with van der Waals surface area (Å²) in [6.07, 6.45) is 9.92. The Morgan fingerprint density at radius 3 is 1.77 bits per heavy atom.